The van der Waals surface area contributed by atoms with Gasteiger partial charge in [-0.15, -0.1) is 0 Å². The summed E-state index contributed by atoms with van der Waals surface area (Å²) < 4.78 is 4.44. The Morgan fingerprint density at radius 1 is 1.11 bits per heavy atom. The summed E-state index contributed by atoms with van der Waals surface area (Å²) in [5, 5.41) is 14.0. The van der Waals surface area contributed by atoms with E-state index in [0.29, 0.717) is 6.54 Å². The molecule has 1 fully saturated rings. The van der Waals surface area contributed by atoms with Crippen molar-refractivity contribution in [3.05, 3.63) is 54.0 Å². The van der Waals surface area contributed by atoms with Gasteiger partial charge < -0.3 is 10.6 Å². The lowest BCUT2D eigenvalue weighted by atomic mass is 9.85. The van der Waals surface area contributed by atoms with Gasteiger partial charge in [-0.1, -0.05) is 23.4 Å². The largest absolute Gasteiger partial charge is 0.352 e. The molecule has 2 N–H and O–H groups in total. The van der Waals surface area contributed by atoms with E-state index in [4.69, 9.17) is 0 Å². The van der Waals surface area contributed by atoms with Crippen molar-refractivity contribution in [2.75, 3.05) is 0 Å². The number of hydrogen-bond donors (Lipinski definition) is 2. The maximum Gasteiger partial charge on any atom is 0.275 e. The van der Waals surface area contributed by atoms with Gasteiger partial charge in [-0.25, -0.2) is 4.63 Å². The molecule has 1 aromatic carbocycles. The van der Waals surface area contributed by atoms with Crippen LogP contribution < -0.4 is 10.6 Å². The number of hydrogen-bond acceptors (Lipinski definition) is 6. The van der Waals surface area contributed by atoms with Gasteiger partial charge in [0.1, 0.15) is 6.20 Å². The molecule has 0 atom stereocenters. The van der Waals surface area contributed by atoms with Crippen LogP contribution in [0.25, 0.3) is 10.9 Å². The minimum absolute atomic E-state index is 0.0321. The van der Waals surface area contributed by atoms with Gasteiger partial charge in [-0.2, -0.15) is 0 Å². The summed E-state index contributed by atoms with van der Waals surface area (Å²) in [4.78, 5) is 28.9. The van der Waals surface area contributed by atoms with Crippen LogP contribution in [0.4, 0.5) is 0 Å². The molecule has 1 saturated carbocycles. The lowest BCUT2D eigenvalue weighted by Crippen LogP contribution is -2.40. The normalized spacial score (nSPS) is 19.3. The zero-order chi connectivity index (χ0) is 19.3. The summed E-state index contributed by atoms with van der Waals surface area (Å²) >= 11 is 0. The number of aromatic nitrogens is 3. The third kappa shape index (κ3) is 4.16. The molecular formula is C20H21N5O3. The molecule has 4 rings (SSSR count). The smallest absolute Gasteiger partial charge is 0.275 e. The Balaban J connectivity index is 1.25. The van der Waals surface area contributed by atoms with Gasteiger partial charge in [0, 0.05) is 30.1 Å². The molecule has 0 spiro atoms. The highest BCUT2D eigenvalue weighted by Gasteiger charge is 2.27. The molecule has 2 heterocycles. The van der Waals surface area contributed by atoms with Crippen molar-refractivity contribution >= 4 is 22.7 Å². The molecule has 3 aromatic rings. The minimum Gasteiger partial charge on any atom is -0.352 e. The van der Waals surface area contributed by atoms with E-state index in [0.717, 1.165) is 42.1 Å². The van der Waals surface area contributed by atoms with Crippen molar-refractivity contribution in [1.29, 1.82) is 0 Å². The summed E-state index contributed by atoms with van der Waals surface area (Å²) in [5.74, 6) is -0.271. The van der Waals surface area contributed by atoms with E-state index in [1.807, 2.05) is 30.3 Å². The number of para-hydroxylation sites is 1. The topological polar surface area (TPSA) is 110 Å². The molecule has 0 unspecified atom stereocenters. The number of nitrogens with one attached hydrogen (secondary N) is 2. The first kappa shape index (κ1) is 18.1. The lowest BCUT2D eigenvalue weighted by Gasteiger charge is -2.28. The number of nitrogens with zero attached hydrogens (tertiary/aromatic N) is 3. The average Bonchev–Trinajstić information content (AvgIpc) is 3.27. The Morgan fingerprint density at radius 2 is 1.93 bits per heavy atom. The monoisotopic (exact) mass is 379 g/mol. The highest BCUT2D eigenvalue weighted by molar-refractivity contribution is 5.92. The van der Waals surface area contributed by atoms with Gasteiger partial charge in [-0.05, 0) is 48.5 Å². The molecule has 8 heteroatoms. The summed E-state index contributed by atoms with van der Waals surface area (Å²) in [6.45, 7) is 0.465. The van der Waals surface area contributed by atoms with Crippen LogP contribution in [0.15, 0.2) is 47.4 Å². The second kappa shape index (κ2) is 8.16. The molecule has 8 nitrogen and oxygen atoms in total. The molecule has 2 aromatic heterocycles. The fourth-order valence-electron chi connectivity index (χ4n) is 3.57. The predicted molar refractivity (Wildman–Crippen MR) is 101 cm³/mol. The van der Waals surface area contributed by atoms with Crippen LogP contribution in [-0.2, 0) is 11.3 Å². The SMILES string of the molecule is O=C(NC1CCC(C(=O)NCc2cnc3ccccc3c2)CC1)c1cnon1. The molecule has 144 valence electrons. The molecule has 1 aliphatic carbocycles. The minimum atomic E-state index is -0.294. The van der Waals surface area contributed by atoms with E-state index < -0.39 is 0 Å². The summed E-state index contributed by atoms with van der Waals surface area (Å²) in [5.41, 5.74) is 2.09. The van der Waals surface area contributed by atoms with Crippen LogP contribution in [0, 0.1) is 5.92 Å². The van der Waals surface area contributed by atoms with Crippen molar-refractivity contribution < 1.29 is 14.2 Å². The molecule has 0 bridgehead atoms. The number of carbonyl (C=O) groups is 2. The number of pyridine rings is 1. The Morgan fingerprint density at radius 3 is 2.71 bits per heavy atom. The summed E-state index contributed by atoms with van der Waals surface area (Å²) in [7, 11) is 0. The van der Waals surface area contributed by atoms with E-state index in [-0.39, 0.29) is 29.5 Å². The van der Waals surface area contributed by atoms with E-state index in [1.165, 1.54) is 6.20 Å². The standard InChI is InChI=1S/C20H21N5O3/c26-19(22-11-13-9-15-3-1-2-4-17(15)21-10-13)14-5-7-16(8-6-14)24-20(27)18-12-23-28-25-18/h1-4,9-10,12,14,16H,5-8,11H2,(H,22,26)(H,24,27). The summed E-state index contributed by atoms with van der Waals surface area (Å²) in [6.07, 6.45) is 6.08. The van der Waals surface area contributed by atoms with Crippen molar-refractivity contribution in [3.63, 3.8) is 0 Å². The van der Waals surface area contributed by atoms with E-state index in [2.05, 4.69) is 30.6 Å². The number of amides is 2. The van der Waals surface area contributed by atoms with Gasteiger partial charge >= 0.3 is 0 Å². The molecular weight excluding hydrogens is 358 g/mol. The lowest BCUT2D eigenvalue weighted by molar-refractivity contribution is -0.126. The van der Waals surface area contributed by atoms with Gasteiger partial charge in [-0.3, -0.25) is 14.6 Å². The first-order valence-electron chi connectivity index (χ1n) is 9.39. The fraction of sp³-hybridized carbons (Fsp3) is 0.350. The molecule has 1 aliphatic rings. The number of benzene rings is 1. The van der Waals surface area contributed by atoms with Crippen LogP contribution in [0.1, 0.15) is 41.7 Å². The zero-order valence-corrected chi connectivity index (χ0v) is 15.3. The molecule has 2 amide bonds. The number of carbonyl (C=O) groups excluding carboxylic acids is 2. The molecule has 28 heavy (non-hydrogen) atoms. The van der Waals surface area contributed by atoms with Gasteiger partial charge in [0.05, 0.1) is 5.52 Å². The van der Waals surface area contributed by atoms with E-state index in [1.54, 1.807) is 6.20 Å². The van der Waals surface area contributed by atoms with Gasteiger partial charge in [0.15, 0.2) is 5.69 Å². The van der Waals surface area contributed by atoms with Crippen molar-refractivity contribution in [2.24, 2.45) is 5.92 Å². The van der Waals surface area contributed by atoms with Crippen molar-refractivity contribution in [3.8, 4) is 0 Å². The van der Waals surface area contributed by atoms with Crippen molar-refractivity contribution in [2.45, 2.75) is 38.3 Å². The van der Waals surface area contributed by atoms with Crippen LogP contribution in [0.5, 0.6) is 0 Å². The average molecular weight is 379 g/mol. The number of fused-ring (bicyclic) bond motifs is 1. The first-order chi connectivity index (χ1) is 13.7. The highest BCUT2D eigenvalue weighted by atomic mass is 16.6. The second-order valence-corrected chi connectivity index (χ2v) is 7.07. The molecule has 0 aliphatic heterocycles. The zero-order valence-electron chi connectivity index (χ0n) is 15.3. The van der Waals surface area contributed by atoms with Crippen LogP contribution in [-0.4, -0.2) is 33.2 Å². The van der Waals surface area contributed by atoms with Gasteiger partial charge in [0.2, 0.25) is 5.91 Å². The third-order valence-electron chi connectivity index (χ3n) is 5.14. The van der Waals surface area contributed by atoms with Crippen LogP contribution in [0.3, 0.4) is 0 Å². The first-order valence-corrected chi connectivity index (χ1v) is 9.39. The quantitative estimate of drug-likeness (QED) is 0.703. The Labute approximate surface area is 161 Å². The number of rotatable bonds is 5. The third-order valence-corrected chi connectivity index (χ3v) is 5.14. The van der Waals surface area contributed by atoms with Crippen molar-refractivity contribution in [1.82, 2.24) is 25.9 Å². The predicted octanol–water partition coefficient (Wildman–Crippen LogP) is 2.22. The van der Waals surface area contributed by atoms with Gasteiger partial charge in [0.25, 0.3) is 5.91 Å². The van der Waals surface area contributed by atoms with E-state index >= 15 is 0 Å². The molecule has 0 radical (unpaired) electrons. The Kier molecular flexibility index (Phi) is 5.27. The Bertz CT molecular complexity index is 965. The maximum atomic E-state index is 12.5. The fourth-order valence-corrected chi connectivity index (χ4v) is 3.57. The van der Waals surface area contributed by atoms with Crippen LogP contribution >= 0.6 is 0 Å². The maximum absolute atomic E-state index is 12.5. The second-order valence-electron chi connectivity index (χ2n) is 7.07. The Hall–Kier alpha value is -3.29. The summed E-state index contributed by atoms with van der Waals surface area (Å²) in [6, 6.07) is 10.00. The van der Waals surface area contributed by atoms with E-state index in [9.17, 15) is 9.59 Å². The van der Waals surface area contributed by atoms with Crippen LogP contribution in [0.2, 0.25) is 0 Å². The highest BCUT2D eigenvalue weighted by Crippen LogP contribution is 2.25. The molecule has 0 saturated heterocycles.